The number of halogens is 1. The van der Waals surface area contributed by atoms with Gasteiger partial charge in [-0.25, -0.2) is 0 Å². The Morgan fingerprint density at radius 1 is 1.43 bits per heavy atom. The maximum absolute atomic E-state index is 8.66. The zero-order valence-electron chi connectivity index (χ0n) is 7.92. The van der Waals surface area contributed by atoms with Crippen LogP contribution in [0, 0.1) is 11.3 Å². The van der Waals surface area contributed by atoms with E-state index in [2.05, 4.69) is 23.5 Å². The fraction of sp³-hybridized carbons (Fsp3) is 0.364. The minimum absolute atomic E-state index is 0. The molecular weight excluding hydrogens is 196 g/mol. The van der Waals surface area contributed by atoms with Gasteiger partial charge >= 0.3 is 0 Å². The number of benzene rings is 1. The molecule has 0 amide bonds. The van der Waals surface area contributed by atoms with Crippen LogP contribution in [-0.2, 0) is 19.4 Å². The standard InChI is InChI=1S/C11H12N2.ClH/c12-6-4-9-2-1-3-10-8-13-7-5-11(9)10;/h1-3,13H,4-5,7-8H2;1H. The molecule has 0 saturated heterocycles. The molecule has 0 aliphatic carbocycles. The molecule has 1 aromatic rings. The van der Waals surface area contributed by atoms with E-state index in [9.17, 15) is 0 Å². The molecule has 0 atom stereocenters. The van der Waals surface area contributed by atoms with Crippen molar-refractivity contribution in [1.29, 1.82) is 5.26 Å². The monoisotopic (exact) mass is 208 g/mol. The van der Waals surface area contributed by atoms with E-state index < -0.39 is 0 Å². The van der Waals surface area contributed by atoms with Crippen molar-refractivity contribution in [2.24, 2.45) is 0 Å². The lowest BCUT2D eigenvalue weighted by atomic mass is 9.94. The van der Waals surface area contributed by atoms with Crippen molar-refractivity contribution in [2.45, 2.75) is 19.4 Å². The van der Waals surface area contributed by atoms with Gasteiger partial charge in [-0.2, -0.15) is 5.26 Å². The molecule has 0 fully saturated rings. The van der Waals surface area contributed by atoms with E-state index in [0.29, 0.717) is 6.42 Å². The molecule has 0 aromatic heterocycles. The summed E-state index contributed by atoms with van der Waals surface area (Å²) in [5.41, 5.74) is 3.96. The summed E-state index contributed by atoms with van der Waals surface area (Å²) < 4.78 is 0. The summed E-state index contributed by atoms with van der Waals surface area (Å²) >= 11 is 0. The molecule has 2 rings (SSSR count). The van der Waals surface area contributed by atoms with E-state index in [1.165, 1.54) is 16.7 Å². The molecule has 0 spiro atoms. The summed E-state index contributed by atoms with van der Waals surface area (Å²) in [5, 5.41) is 12.0. The van der Waals surface area contributed by atoms with Gasteiger partial charge in [0.15, 0.2) is 0 Å². The maximum atomic E-state index is 8.66. The zero-order valence-corrected chi connectivity index (χ0v) is 8.73. The average Bonchev–Trinajstić information content (AvgIpc) is 2.19. The highest BCUT2D eigenvalue weighted by Crippen LogP contribution is 2.18. The van der Waals surface area contributed by atoms with Crippen molar-refractivity contribution in [3.05, 3.63) is 34.9 Å². The topological polar surface area (TPSA) is 35.8 Å². The van der Waals surface area contributed by atoms with Gasteiger partial charge in [0.25, 0.3) is 0 Å². The number of fused-ring (bicyclic) bond motifs is 1. The SMILES string of the molecule is Cl.N#CCc1cccc2c1CCNC2. The van der Waals surface area contributed by atoms with Crippen LogP contribution in [0.3, 0.4) is 0 Å². The number of rotatable bonds is 1. The van der Waals surface area contributed by atoms with Crippen molar-refractivity contribution in [2.75, 3.05) is 6.54 Å². The Kier molecular flexibility index (Phi) is 3.94. The Labute approximate surface area is 90.3 Å². The van der Waals surface area contributed by atoms with Gasteiger partial charge in [0.2, 0.25) is 0 Å². The number of nitrogens with one attached hydrogen (secondary N) is 1. The average molecular weight is 209 g/mol. The summed E-state index contributed by atoms with van der Waals surface area (Å²) in [7, 11) is 0. The van der Waals surface area contributed by atoms with E-state index in [1.807, 2.05) is 6.07 Å². The lowest BCUT2D eigenvalue weighted by Gasteiger charge is -2.19. The molecule has 74 valence electrons. The van der Waals surface area contributed by atoms with E-state index >= 15 is 0 Å². The first-order chi connectivity index (χ1) is 6.42. The van der Waals surface area contributed by atoms with E-state index in [4.69, 9.17) is 5.26 Å². The Morgan fingerprint density at radius 3 is 3.07 bits per heavy atom. The summed E-state index contributed by atoms with van der Waals surface area (Å²) in [4.78, 5) is 0. The smallest absolute Gasteiger partial charge is 0.0669 e. The predicted octanol–water partition coefficient (Wildman–Crippen LogP) is 1.82. The third kappa shape index (κ3) is 2.06. The van der Waals surface area contributed by atoms with Gasteiger partial charge in [-0.15, -0.1) is 12.4 Å². The van der Waals surface area contributed by atoms with Crippen LogP contribution in [0.15, 0.2) is 18.2 Å². The first-order valence-corrected chi connectivity index (χ1v) is 4.59. The normalized spacial score (nSPS) is 13.6. The molecule has 0 radical (unpaired) electrons. The highest BCUT2D eigenvalue weighted by atomic mass is 35.5. The van der Waals surface area contributed by atoms with Crippen LogP contribution in [0.1, 0.15) is 16.7 Å². The van der Waals surface area contributed by atoms with Crippen LogP contribution >= 0.6 is 12.4 Å². The Morgan fingerprint density at radius 2 is 2.29 bits per heavy atom. The summed E-state index contributed by atoms with van der Waals surface area (Å²) in [6.45, 7) is 1.99. The Hall–Kier alpha value is -1.04. The highest BCUT2D eigenvalue weighted by Gasteiger charge is 2.11. The van der Waals surface area contributed by atoms with Gasteiger partial charge in [-0.1, -0.05) is 18.2 Å². The van der Waals surface area contributed by atoms with Gasteiger partial charge in [0.1, 0.15) is 0 Å². The summed E-state index contributed by atoms with van der Waals surface area (Å²) in [6.07, 6.45) is 1.61. The van der Waals surface area contributed by atoms with Crippen LogP contribution < -0.4 is 5.32 Å². The first-order valence-electron chi connectivity index (χ1n) is 4.59. The van der Waals surface area contributed by atoms with Crippen LogP contribution in [0.25, 0.3) is 0 Å². The van der Waals surface area contributed by atoms with Crippen molar-refractivity contribution >= 4 is 12.4 Å². The second-order valence-electron chi connectivity index (χ2n) is 3.32. The lowest BCUT2D eigenvalue weighted by molar-refractivity contribution is 0.640. The molecule has 1 aliphatic rings. The molecule has 1 aliphatic heterocycles. The summed E-state index contributed by atoms with van der Waals surface area (Å²) in [6, 6.07) is 8.46. The molecule has 1 heterocycles. The molecular formula is C11H13ClN2. The minimum atomic E-state index is 0. The van der Waals surface area contributed by atoms with Crippen molar-refractivity contribution < 1.29 is 0 Å². The van der Waals surface area contributed by atoms with Gasteiger partial charge in [-0.05, 0) is 29.7 Å². The quantitative estimate of drug-likeness (QED) is 0.764. The zero-order chi connectivity index (χ0) is 9.10. The van der Waals surface area contributed by atoms with Gasteiger partial charge in [0, 0.05) is 6.54 Å². The van der Waals surface area contributed by atoms with E-state index in [0.717, 1.165) is 19.5 Å². The van der Waals surface area contributed by atoms with Gasteiger partial charge in [-0.3, -0.25) is 0 Å². The fourth-order valence-corrected chi connectivity index (χ4v) is 1.86. The molecule has 3 heteroatoms. The third-order valence-electron chi connectivity index (χ3n) is 2.51. The molecule has 0 bridgehead atoms. The molecule has 1 aromatic carbocycles. The number of hydrogen-bond donors (Lipinski definition) is 1. The minimum Gasteiger partial charge on any atom is -0.312 e. The molecule has 0 unspecified atom stereocenters. The second kappa shape index (κ2) is 4.99. The van der Waals surface area contributed by atoms with Crippen molar-refractivity contribution in [1.82, 2.24) is 5.32 Å². The number of nitriles is 1. The van der Waals surface area contributed by atoms with Gasteiger partial charge in [0.05, 0.1) is 12.5 Å². The van der Waals surface area contributed by atoms with Crippen LogP contribution in [-0.4, -0.2) is 6.54 Å². The van der Waals surface area contributed by atoms with Crippen molar-refractivity contribution in [3.8, 4) is 6.07 Å². The third-order valence-corrected chi connectivity index (χ3v) is 2.51. The van der Waals surface area contributed by atoms with E-state index in [-0.39, 0.29) is 12.4 Å². The Balaban J connectivity index is 0.000000980. The number of nitrogens with zero attached hydrogens (tertiary/aromatic N) is 1. The second-order valence-corrected chi connectivity index (χ2v) is 3.32. The fourth-order valence-electron chi connectivity index (χ4n) is 1.86. The van der Waals surface area contributed by atoms with E-state index in [1.54, 1.807) is 0 Å². The maximum Gasteiger partial charge on any atom is 0.0669 e. The molecule has 1 N–H and O–H groups in total. The highest BCUT2D eigenvalue weighted by molar-refractivity contribution is 5.85. The largest absolute Gasteiger partial charge is 0.312 e. The Bertz CT molecular complexity index is 355. The van der Waals surface area contributed by atoms with Gasteiger partial charge < -0.3 is 5.32 Å². The first kappa shape index (κ1) is 11.0. The van der Waals surface area contributed by atoms with Crippen LogP contribution in [0.4, 0.5) is 0 Å². The van der Waals surface area contributed by atoms with Crippen molar-refractivity contribution in [3.63, 3.8) is 0 Å². The molecule has 2 nitrogen and oxygen atoms in total. The van der Waals surface area contributed by atoms with Crippen LogP contribution in [0.2, 0.25) is 0 Å². The lowest BCUT2D eigenvalue weighted by Crippen LogP contribution is -2.24. The predicted molar refractivity (Wildman–Crippen MR) is 58.4 cm³/mol. The summed E-state index contributed by atoms with van der Waals surface area (Å²) in [5.74, 6) is 0. The molecule has 14 heavy (non-hydrogen) atoms. The molecule has 0 saturated carbocycles. The van der Waals surface area contributed by atoms with Crippen LogP contribution in [0.5, 0.6) is 0 Å². The number of hydrogen-bond acceptors (Lipinski definition) is 2.